The molecule has 0 fully saturated rings. The van der Waals surface area contributed by atoms with Gasteiger partial charge in [-0.1, -0.05) is 229 Å². The Morgan fingerprint density at radius 3 is 1.14 bits per heavy atom. The number of unbranched alkanes of at least 4 members (excludes halogenated alkanes) is 26. The lowest BCUT2D eigenvalue weighted by molar-refractivity contribution is -0.161. The van der Waals surface area contributed by atoms with Crippen molar-refractivity contribution >= 4 is 11.9 Å². The van der Waals surface area contributed by atoms with Gasteiger partial charge in [0.05, 0.1) is 6.61 Å². The van der Waals surface area contributed by atoms with Gasteiger partial charge in [0, 0.05) is 12.8 Å². The van der Waals surface area contributed by atoms with Crippen LogP contribution in [-0.4, -0.2) is 36.4 Å². The van der Waals surface area contributed by atoms with Gasteiger partial charge in [0.15, 0.2) is 6.10 Å². The Kier molecular flexibility index (Phi) is 46.0. The summed E-state index contributed by atoms with van der Waals surface area (Å²) in [5.41, 5.74) is 0. The van der Waals surface area contributed by atoms with Crippen molar-refractivity contribution in [2.75, 3.05) is 13.2 Å². The molecule has 0 saturated carbocycles. The van der Waals surface area contributed by atoms with Crippen molar-refractivity contribution in [1.29, 1.82) is 0 Å². The number of rotatable bonds is 44. The third-order valence-corrected chi connectivity index (χ3v) is 10.6. The highest BCUT2D eigenvalue weighted by Crippen LogP contribution is 2.16. The third kappa shape index (κ3) is 46.2. The molecule has 1 unspecified atom stereocenters. The third-order valence-electron chi connectivity index (χ3n) is 10.6. The van der Waals surface area contributed by atoms with Crippen LogP contribution < -0.4 is 0 Å². The van der Waals surface area contributed by atoms with E-state index in [9.17, 15) is 14.7 Å². The standard InChI is InChI=1S/C52H92O5/c1-3-5-7-9-11-13-15-17-18-19-20-21-22-23-24-25-26-27-28-29-30-31-32-33-34-35-37-39-41-43-45-47-52(55)57-50(48-53)49-56-51(54)46-44-42-40-38-36-16-14-12-10-8-6-4-2/h5,7,11,13,17-18,20-21,23-24,50,53H,3-4,6,8-10,12,14-16,19,22,25-49H2,1-2H3/b7-5-,13-11-,18-17-,21-20-,24-23-. The van der Waals surface area contributed by atoms with Gasteiger partial charge < -0.3 is 14.6 Å². The molecule has 0 aromatic heterocycles. The number of ether oxygens (including phenoxy) is 2. The lowest BCUT2D eigenvalue weighted by atomic mass is 10.0. The highest BCUT2D eigenvalue weighted by Gasteiger charge is 2.16. The van der Waals surface area contributed by atoms with Gasteiger partial charge in [-0.25, -0.2) is 0 Å². The molecule has 0 aliphatic carbocycles. The summed E-state index contributed by atoms with van der Waals surface area (Å²) in [7, 11) is 0. The molecular weight excluding hydrogens is 705 g/mol. The molecule has 0 heterocycles. The predicted molar refractivity (Wildman–Crippen MR) is 247 cm³/mol. The Morgan fingerprint density at radius 1 is 0.421 bits per heavy atom. The molecule has 0 aromatic carbocycles. The van der Waals surface area contributed by atoms with Gasteiger partial charge in [0.1, 0.15) is 6.61 Å². The molecule has 0 rings (SSSR count). The first-order valence-electron chi connectivity index (χ1n) is 24.3. The number of carbonyl (C=O) groups is 2. The fourth-order valence-electron chi connectivity index (χ4n) is 6.94. The van der Waals surface area contributed by atoms with E-state index in [4.69, 9.17) is 9.47 Å². The van der Waals surface area contributed by atoms with Crippen molar-refractivity contribution in [2.45, 2.75) is 245 Å². The Hall–Kier alpha value is -2.40. The largest absolute Gasteiger partial charge is 0.462 e. The molecule has 5 nitrogen and oxygen atoms in total. The van der Waals surface area contributed by atoms with Crippen LogP contribution in [0.3, 0.4) is 0 Å². The van der Waals surface area contributed by atoms with Gasteiger partial charge in [0.2, 0.25) is 0 Å². The molecule has 5 heteroatoms. The second-order valence-corrected chi connectivity index (χ2v) is 16.2. The van der Waals surface area contributed by atoms with Gasteiger partial charge in [-0.2, -0.15) is 0 Å². The molecule has 0 aliphatic heterocycles. The van der Waals surface area contributed by atoms with Crippen molar-refractivity contribution in [3.05, 3.63) is 60.8 Å². The van der Waals surface area contributed by atoms with Crippen LogP contribution in [0.1, 0.15) is 239 Å². The molecule has 0 bridgehead atoms. The van der Waals surface area contributed by atoms with Gasteiger partial charge in [-0.3, -0.25) is 9.59 Å². The number of aliphatic hydroxyl groups excluding tert-OH is 1. The van der Waals surface area contributed by atoms with Crippen molar-refractivity contribution in [2.24, 2.45) is 0 Å². The van der Waals surface area contributed by atoms with Gasteiger partial charge in [-0.05, 0) is 57.8 Å². The quantitative estimate of drug-likeness (QED) is 0.0378. The summed E-state index contributed by atoms with van der Waals surface area (Å²) < 4.78 is 10.6. The van der Waals surface area contributed by atoms with E-state index in [1.165, 1.54) is 141 Å². The van der Waals surface area contributed by atoms with Crippen molar-refractivity contribution in [3.8, 4) is 0 Å². The Balaban J connectivity index is 3.47. The van der Waals surface area contributed by atoms with Crippen LogP contribution in [0, 0.1) is 0 Å². The SMILES string of the molecule is CC/C=C\C/C=C\C/C=C\C/C=C\C/C=C\CCCCCCCCCCCCCCCCCC(=O)OC(CO)COC(=O)CCCCCCCCCCCCCC. The Labute approximate surface area is 353 Å². The van der Waals surface area contributed by atoms with E-state index in [0.717, 1.165) is 70.6 Å². The minimum atomic E-state index is -0.769. The minimum Gasteiger partial charge on any atom is -0.462 e. The van der Waals surface area contributed by atoms with Crippen LogP contribution in [0.5, 0.6) is 0 Å². The van der Waals surface area contributed by atoms with Crippen molar-refractivity contribution < 1.29 is 24.2 Å². The second-order valence-electron chi connectivity index (χ2n) is 16.2. The molecule has 0 radical (unpaired) electrons. The van der Waals surface area contributed by atoms with Crippen LogP contribution in [0.2, 0.25) is 0 Å². The molecule has 0 saturated heterocycles. The fourth-order valence-corrected chi connectivity index (χ4v) is 6.94. The lowest BCUT2D eigenvalue weighted by Gasteiger charge is -2.15. The molecular formula is C52H92O5. The normalized spacial score (nSPS) is 12.7. The smallest absolute Gasteiger partial charge is 0.306 e. The predicted octanol–water partition coefficient (Wildman–Crippen LogP) is 15.9. The van der Waals surface area contributed by atoms with Gasteiger partial charge in [0.25, 0.3) is 0 Å². The number of allylic oxidation sites excluding steroid dienone is 10. The van der Waals surface area contributed by atoms with Crippen LogP contribution >= 0.6 is 0 Å². The van der Waals surface area contributed by atoms with Crippen molar-refractivity contribution in [3.63, 3.8) is 0 Å². The zero-order valence-electron chi connectivity index (χ0n) is 37.6. The average Bonchev–Trinajstić information content (AvgIpc) is 3.21. The first-order valence-corrected chi connectivity index (χ1v) is 24.3. The molecule has 57 heavy (non-hydrogen) atoms. The number of carbonyl (C=O) groups excluding carboxylic acids is 2. The van der Waals surface area contributed by atoms with E-state index >= 15 is 0 Å². The zero-order chi connectivity index (χ0) is 41.4. The summed E-state index contributed by atoms with van der Waals surface area (Å²) in [6.45, 7) is 4.03. The second kappa shape index (κ2) is 48.0. The van der Waals surface area contributed by atoms with E-state index in [1.807, 2.05) is 0 Å². The first-order chi connectivity index (χ1) is 28.1. The Bertz CT molecular complexity index is 992. The number of aliphatic hydroxyl groups is 1. The van der Waals surface area contributed by atoms with Crippen molar-refractivity contribution in [1.82, 2.24) is 0 Å². The maximum Gasteiger partial charge on any atom is 0.306 e. The lowest BCUT2D eigenvalue weighted by Crippen LogP contribution is -2.28. The summed E-state index contributed by atoms with van der Waals surface area (Å²) in [6.07, 6.45) is 63.2. The maximum atomic E-state index is 12.2. The molecule has 1 atom stereocenters. The van der Waals surface area contributed by atoms with E-state index in [0.29, 0.717) is 12.8 Å². The molecule has 0 amide bonds. The molecule has 1 N–H and O–H groups in total. The minimum absolute atomic E-state index is 0.0632. The van der Waals surface area contributed by atoms with Crippen LogP contribution in [0.25, 0.3) is 0 Å². The molecule has 0 aliphatic rings. The maximum absolute atomic E-state index is 12.2. The van der Waals surface area contributed by atoms with Gasteiger partial charge in [-0.15, -0.1) is 0 Å². The number of hydrogen-bond acceptors (Lipinski definition) is 5. The van der Waals surface area contributed by atoms with E-state index in [2.05, 4.69) is 74.6 Å². The van der Waals surface area contributed by atoms with E-state index in [-0.39, 0.29) is 25.2 Å². The topological polar surface area (TPSA) is 72.8 Å². The van der Waals surface area contributed by atoms with E-state index < -0.39 is 6.10 Å². The number of hydrogen-bond donors (Lipinski definition) is 1. The summed E-state index contributed by atoms with van der Waals surface area (Å²) in [5, 5.41) is 9.59. The fraction of sp³-hybridized carbons (Fsp3) is 0.769. The van der Waals surface area contributed by atoms with Gasteiger partial charge >= 0.3 is 11.9 Å². The molecule has 0 spiro atoms. The highest BCUT2D eigenvalue weighted by molar-refractivity contribution is 5.70. The zero-order valence-corrected chi connectivity index (χ0v) is 37.6. The first kappa shape index (κ1) is 54.6. The summed E-state index contributed by atoms with van der Waals surface area (Å²) >= 11 is 0. The summed E-state index contributed by atoms with van der Waals surface area (Å²) in [5.74, 6) is -0.584. The molecule has 0 aromatic rings. The molecule has 330 valence electrons. The Morgan fingerprint density at radius 2 is 0.754 bits per heavy atom. The monoisotopic (exact) mass is 797 g/mol. The van der Waals surface area contributed by atoms with Crippen LogP contribution in [0.4, 0.5) is 0 Å². The highest BCUT2D eigenvalue weighted by atomic mass is 16.6. The average molecular weight is 797 g/mol. The van der Waals surface area contributed by atoms with Crippen LogP contribution in [-0.2, 0) is 19.1 Å². The van der Waals surface area contributed by atoms with Crippen LogP contribution in [0.15, 0.2) is 60.8 Å². The summed E-state index contributed by atoms with van der Waals surface area (Å²) in [4.78, 5) is 24.3. The van der Waals surface area contributed by atoms with E-state index in [1.54, 1.807) is 0 Å². The summed E-state index contributed by atoms with van der Waals surface area (Å²) in [6, 6.07) is 0. The number of esters is 2.